The molecule has 1 aromatic carbocycles. The summed E-state index contributed by atoms with van der Waals surface area (Å²) in [5.74, 6) is 1.00. The predicted molar refractivity (Wildman–Crippen MR) is 115 cm³/mol. The standard InChI is InChI=1S/C24H35N3O2/c1-19(28)25-12-10-21(11-13-25)18-20-6-8-22(9-7-20)24(29)27-16-14-26(15-17-27)23-4-2-3-5-23/h6-9,21,23H,2-5,10-18H2,1H3. The summed E-state index contributed by atoms with van der Waals surface area (Å²) in [4.78, 5) is 30.9. The minimum atomic E-state index is 0.178. The van der Waals surface area contributed by atoms with Crippen LogP contribution < -0.4 is 0 Å². The van der Waals surface area contributed by atoms with Gasteiger partial charge in [0.1, 0.15) is 0 Å². The van der Waals surface area contributed by atoms with Crippen molar-refractivity contribution in [1.29, 1.82) is 0 Å². The summed E-state index contributed by atoms with van der Waals surface area (Å²) < 4.78 is 0. The van der Waals surface area contributed by atoms with Crippen LogP contribution in [0.25, 0.3) is 0 Å². The molecule has 0 spiro atoms. The fraction of sp³-hybridized carbons (Fsp3) is 0.667. The van der Waals surface area contributed by atoms with E-state index in [-0.39, 0.29) is 11.8 Å². The largest absolute Gasteiger partial charge is 0.343 e. The highest BCUT2D eigenvalue weighted by molar-refractivity contribution is 5.94. The number of hydrogen-bond acceptors (Lipinski definition) is 3. The Labute approximate surface area is 175 Å². The van der Waals surface area contributed by atoms with E-state index in [0.29, 0.717) is 5.92 Å². The summed E-state index contributed by atoms with van der Waals surface area (Å²) in [6.07, 6.45) is 8.60. The van der Waals surface area contributed by atoms with Crippen LogP contribution in [0.15, 0.2) is 24.3 Å². The van der Waals surface area contributed by atoms with Gasteiger partial charge in [-0.2, -0.15) is 0 Å². The Morgan fingerprint density at radius 2 is 1.45 bits per heavy atom. The molecule has 2 heterocycles. The van der Waals surface area contributed by atoms with E-state index in [0.717, 1.165) is 70.1 Å². The van der Waals surface area contributed by atoms with Crippen LogP contribution in [-0.2, 0) is 11.2 Å². The summed E-state index contributed by atoms with van der Waals surface area (Å²) in [5, 5.41) is 0. The minimum absolute atomic E-state index is 0.178. The molecule has 4 rings (SSSR count). The lowest BCUT2D eigenvalue weighted by molar-refractivity contribution is -0.130. The molecule has 1 aliphatic carbocycles. The number of carbonyl (C=O) groups excluding carboxylic acids is 2. The van der Waals surface area contributed by atoms with Crippen molar-refractivity contribution in [3.05, 3.63) is 35.4 Å². The third-order valence-corrected chi connectivity index (χ3v) is 7.23. The zero-order valence-electron chi connectivity index (χ0n) is 17.8. The first kappa shape index (κ1) is 20.4. The molecule has 2 amide bonds. The van der Waals surface area contributed by atoms with Crippen LogP contribution in [0.4, 0.5) is 0 Å². The van der Waals surface area contributed by atoms with Crippen molar-refractivity contribution in [3.8, 4) is 0 Å². The Kier molecular flexibility index (Phi) is 6.53. The molecule has 1 aromatic rings. The molecule has 0 atom stereocenters. The first-order valence-electron chi connectivity index (χ1n) is 11.5. The van der Waals surface area contributed by atoms with Crippen LogP contribution in [0.5, 0.6) is 0 Å². The summed E-state index contributed by atoms with van der Waals surface area (Å²) in [7, 11) is 0. The molecule has 1 saturated carbocycles. The van der Waals surface area contributed by atoms with Crippen molar-refractivity contribution in [1.82, 2.24) is 14.7 Å². The second kappa shape index (κ2) is 9.29. The Balaban J connectivity index is 1.26. The second-order valence-electron chi connectivity index (χ2n) is 9.12. The number of rotatable bonds is 4. The normalized spacial score (nSPS) is 22.2. The number of benzene rings is 1. The SMILES string of the molecule is CC(=O)N1CCC(Cc2ccc(C(=O)N3CCN(C4CCCC4)CC3)cc2)CC1. The predicted octanol–water partition coefficient (Wildman–Crippen LogP) is 3.19. The maximum absolute atomic E-state index is 12.9. The molecule has 0 unspecified atom stereocenters. The maximum Gasteiger partial charge on any atom is 0.253 e. The molecule has 5 heteroatoms. The van der Waals surface area contributed by atoms with Crippen molar-refractivity contribution in [2.45, 2.75) is 57.9 Å². The Hall–Kier alpha value is -1.88. The van der Waals surface area contributed by atoms with Gasteiger partial charge in [-0.25, -0.2) is 0 Å². The molecule has 2 aliphatic heterocycles. The van der Waals surface area contributed by atoms with Crippen molar-refractivity contribution in [3.63, 3.8) is 0 Å². The molecule has 158 valence electrons. The van der Waals surface area contributed by atoms with Gasteiger partial charge >= 0.3 is 0 Å². The monoisotopic (exact) mass is 397 g/mol. The third-order valence-electron chi connectivity index (χ3n) is 7.23. The van der Waals surface area contributed by atoms with E-state index in [4.69, 9.17) is 0 Å². The average Bonchev–Trinajstić information content (AvgIpc) is 3.29. The lowest BCUT2D eigenvalue weighted by Crippen LogP contribution is -2.51. The van der Waals surface area contributed by atoms with Crippen LogP contribution in [0.2, 0.25) is 0 Å². The van der Waals surface area contributed by atoms with Gasteiger partial charge in [0.15, 0.2) is 0 Å². The average molecular weight is 398 g/mol. The van der Waals surface area contributed by atoms with Crippen molar-refractivity contribution in [2.75, 3.05) is 39.3 Å². The summed E-state index contributed by atoms with van der Waals surface area (Å²) >= 11 is 0. The van der Waals surface area contributed by atoms with Crippen LogP contribution in [-0.4, -0.2) is 71.8 Å². The van der Waals surface area contributed by atoms with E-state index in [9.17, 15) is 9.59 Å². The second-order valence-corrected chi connectivity index (χ2v) is 9.12. The number of piperidine rings is 1. The fourth-order valence-electron chi connectivity index (χ4n) is 5.31. The molecule has 0 N–H and O–H groups in total. The van der Waals surface area contributed by atoms with Gasteiger partial charge in [-0.1, -0.05) is 25.0 Å². The molecule has 0 radical (unpaired) electrons. The molecule has 3 fully saturated rings. The van der Waals surface area contributed by atoms with Crippen LogP contribution in [0.3, 0.4) is 0 Å². The van der Waals surface area contributed by atoms with Crippen molar-refractivity contribution in [2.24, 2.45) is 5.92 Å². The number of likely N-dealkylation sites (tertiary alicyclic amines) is 1. The molecule has 0 aromatic heterocycles. The molecule has 5 nitrogen and oxygen atoms in total. The quantitative estimate of drug-likeness (QED) is 0.784. The van der Waals surface area contributed by atoms with Crippen molar-refractivity contribution < 1.29 is 9.59 Å². The zero-order valence-corrected chi connectivity index (χ0v) is 17.8. The lowest BCUT2D eigenvalue weighted by Gasteiger charge is -2.38. The zero-order chi connectivity index (χ0) is 20.2. The Bertz CT molecular complexity index is 695. The minimum Gasteiger partial charge on any atom is -0.343 e. The van der Waals surface area contributed by atoms with Gasteiger partial charge in [-0.05, 0) is 55.7 Å². The molecular formula is C24H35N3O2. The van der Waals surface area contributed by atoms with E-state index in [1.54, 1.807) is 6.92 Å². The summed E-state index contributed by atoms with van der Waals surface area (Å²) in [5.41, 5.74) is 2.11. The molecule has 29 heavy (non-hydrogen) atoms. The molecule has 2 saturated heterocycles. The summed E-state index contributed by atoms with van der Waals surface area (Å²) in [6.45, 7) is 7.16. The highest BCUT2D eigenvalue weighted by Crippen LogP contribution is 2.25. The number of carbonyl (C=O) groups is 2. The number of amides is 2. The number of hydrogen-bond donors (Lipinski definition) is 0. The number of piperazine rings is 1. The van der Waals surface area contributed by atoms with Crippen LogP contribution in [0, 0.1) is 5.92 Å². The maximum atomic E-state index is 12.9. The first-order valence-corrected chi connectivity index (χ1v) is 11.5. The van der Waals surface area contributed by atoms with Gasteiger partial charge in [0.25, 0.3) is 5.91 Å². The van der Waals surface area contributed by atoms with E-state index >= 15 is 0 Å². The van der Waals surface area contributed by atoms with Gasteiger partial charge in [0, 0.05) is 57.8 Å². The lowest BCUT2D eigenvalue weighted by atomic mass is 9.90. The molecular weight excluding hydrogens is 362 g/mol. The van der Waals surface area contributed by atoms with Crippen LogP contribution >= 0.6 is 0 Å². The topological polar surface area (TPSA) is 43.9 Å². The van der Waals surface area contributed by atoms with E-state index in [2.05, 4.69) is 17.0 Å². The highest BCUT2D eigenvalue weighted by atomic mass is 16.2. The van der Waals surface area contributed by atoms with E-state index < -0.39 is 0 Å². The van der Waals surface area contributed by atoms with E-state index in [1.165, 1.54) is 31.2 Å². The smallest absolute Gasteiger partial charge is 0.253 e. The third kappa shape index (κ3) is 5.00. The number of nitrogens with zero attached hydrogens (tertiary/aromatic N) is 3. The highest BCUT2D eigenvalue weighted by Gasteiger charge is 2.28. The van der Waals surface area contributed by atoms with Gasteiger partial charge in [-0.3, -0.25) is 14.5 Å². The van der Waals surface area contributed by atoms with Gasteiger partial charge in [0.2, 0.25) is 5.91 Å². The van der Waals surface area contributed by atoms with Crippen LogP contribution in [0.1, 0.15) is 61.4 Å². The van der Waals surface area contributed by atoms with Gasteiger partial charge < -0.3 is 9.80 Å². The van der Waals surface area contributed by atoms with Gasteiger partial charge in [0.05, 0.1) is 0 Å². The van der Waals surface area contributed by atoms with E-state index in [1.807, 2.05) is 21.9 Å². The Morgan fingerprint density at radius 3 is 2.03 bits per heavy atom. The van der Waals surface area contributed by atoms with Gasteiger partial charge in [-0.15, -0.1) is 0 Å². The van der Waals surface area contributed by atoms with Crippen molar-refractivity contribution >= 4 is 11.8 Å². The molecule has 0 bridgehead atoms. The first-order chi connectivity index (χ1) is 14.1. The fourth-order valence-corrected chi connectivity index (χ4v) is 5.31. The Morgan fingerprint density at radius 1 is 0.828 bits per heavy atom. The summed E-state index contributed by atoms with van der Waals surface area (Å²) in [6, 6.07) is 9.02. The molecule has 3 aliphatic rings.